The molecular weight excluding hydrogens is 435 g/mol. The molecular formula is C11H16F11NO3S. The summed E-state index contributed by atoms with van der Waals surface area (Å²) in [6, 6.07) is 0. The Morgan fingerprint density at radius 1 is 0.815 bits per heavy atom. The summed E-state index contributed by atoms with van der Waals surface area (Å²) in [5.41, 5.74) is 0. The summed E-state index contributed by atoms with van der Waals surface area (Å²) in [5, 5.41) is -7.27. The third kappa shape index (κ3) is 4.41. The first-order chi connectivity index (χ1) is 11.2. The molecule has 16 heteroatoms. The molecule has 4 nitrogen and oxygen atoms in total. The van der Waals surface area contributed by atoms with Crippen LogP contribution in [0.2, 0.25) is 0 Å². The second kappa shape index (κ2) is 8.23. The van der Waals surface area contributed by atoms with Crippen LogP contribution in [0.4, 0.5) is 48.3 Å². The Morgan fingerprint density at radius 2 is 1.22 bits per heavy atom. The van der Waals surface area contributed by atoms with Crippen molar-refractivity contribution in [2.24, 2.45) is 0 Å². The van der Waals surface area contributed by atoms with E-state index in [-0.39, 0.29) is 19.0 Å². The number of rotatable bonds is 10. The molecule has 0 spiro atoms. The lowest BCUT2D eigenvalue weighted by molar-refractivity contribution is -0.397. The lowest BCUT2D eigenvalue weighted by Gasteiger charge is -2.39. The summed E-state index contributed by atoms with van der Waals surface area (Å²) in [7, 11) is -7.42. The lowest BCUT2D eigenvalue weighted by Crippen LogP contribution is -2.70. The van der Waals surface area contributed by atoms with E-state index in [9.17, 15) is 56.7 Å². The third-order valence-electron chi connectivity index (χ3n) is 3.35. The molecule has 0 heterocycles. The predicted molar refractivity (Wildman–Crippen MR) is 70.3 cm³/mol. The second-order valence-corrected chi connectivity index (χ2v) is 6.76. The Bertz CT molecular complexity index is 594. The highest BCUT2D eigenvalue weighted by Crippen LogP contribution is 2.59. The number of hydrogen-bond donors (Lipinski definition) is 2. The van der Waals surface area contributed by atoms with Gasteiger partial charge >= 0.3 is 39.1 Å². The van der Waals surface area contributed by atoms with Crippen molar-refractivity contribution in [3.63, 3.8) is 0 Å². The Hall–Kier alpha value is -0.900. The van der Waals surface area contributed by atoms with Gasteiger partial charge in [0.25, 0.3) is 0 Å². The average molecular weight is 451 g/mol. The molecule has 0 aromatic heterocycles. The fourth-order valence-corrected chi connectivity index (χ4v) is 2.15. The van der Waals surface area contributed by atoms with Gasteiger partial charge < -0.3 is 6.15 Å². The zero-order valence-electron chi connectivity index (χ0n) is 13.4. The molecule has 166 valence electrons. The van der Waals surface area contributed by atoms with Crippen molar-refractivity contribution in [1.29, 1.82) is 0 Å². The third-order valence-corrected chi connectivity index (χ3v) is 4.26. The molecule has 0 amide bonds. The van der Waals surface area contributed by atoms with Crippen LogP contribution >= 0.6 is 0 Å². The predicted octanol–water partition coefficient (Wildman–Crippen LogP) is 5.09. The summed E-state index contributed by atoms with van der Waals surface area (Å²) in [5.74, 6) is -29.4. The van der Waals surface area contributed by atoms with Gasteiger partial charge in [0.1, 0.15) is 0 Å². The first kappa shape index (κ1) is 28.3. The Labute approximate surface area is 146 Å². The van der Waals surface area contributed by atoms with Crippen LogP contribution in [0.5, 0.6) is 0 Å². The molecule has 0 aliphatic heterocycles. The largest absolute Gasteiger partial charge is 0.438 e. The molecule has 0 bridgehead atoms. The molecule has 0 aromatic rings. The van der Waals surface area contributed by atoms with Crippen LogP contribution in [0.15, 0.2) is 0 Å². The minimum atomic E-state index is -7.75. The van der Waals surface area contributed by atoms with Crippen molar-refractivity contribution >= 4 is 10.1 Å². The summed E-state index contributed by atoms with van der Waals surface area (Å²) in [4.78, 5) is 0. The zero-order valence-corrected chi connectivity index (χ0v) is 14.3. The van der Waals surface area contributed by atoms with Crippen molar-refractivity contribution in [2.45, 2.75) is 67.7 Å². The van der Waals surface area contributed by atoms with Crippen LogP contribution in [0, 0.1) is 0 Å². The maximum atomic E-state index is 13.3. The van der Waals surface area contributed by atoms with E-state index in [1.807, 2.05) is 0 Å². The maximum absolute atomic E-state index is 13.3. The Kier molecular flexibility index (Phi) is 8.62. The lowest BCUT2D eigenvalue weighted by atomic mass is 9.93. The molecule has 27 heavy (non-hydrogen) atoms. The normalized spacial score (nSPS) is 16.0. The van der Waals surface area contributed by atoms with Gasteiger partial charge in [-0.3, -0.25) is 4.55 Å². The molecule has 4 N–H and O–H groups in total. The van der Waals surface area contributed by atoms with Gasteiger partial charge in [0.05, 0.1) is 0 Å². The van der Waals surface area contributed by atoms with Gasteiger partial charge in [0.2, 0.25) is 0 Å². The molecule has 0 fully saturated rings. The van der Waals surface area contributed by atoms with Crippen molar-refractivity contribution < 1.29 is 61.3 Å². The van der Waals surface area contributed by atoms with Crippen molar-refractivity contribution in [1.82, 2.24) is 6.15 Å². The van der Waals surface area contributed by atoms with E-state index in [1.165, 1.54) is 6.92 Å². The highest BCUT2D eigenvalue weighted by atomic mass is 32.2. The molecule has 0 saturated heterocycles. The average Bonchev–Trinajstić information content (AvgIpc) is 2.45. The SMILES string of the molecule is CCCCCC(F)C(F)(F)C(F)(F)C(F)(F)C(F)(F)C(F)(F)S(=O)(=O)O.N. The zero-order chi connectivity index (χ0) is 21.4. The molecule has 1 unspecified atom stereocenters. The van der Waals surface area contributed by atoms with Crippen molar-refractivity contribution in [3.8, 4) is 0 Å². The smallest absolute Gasteiger partial charge is 0.344 e. The van der Waals surface area contributed by atoms with E-state index >= 15 is 0 Å². The van der Waals surface area contributed by atoms with Gasteiger partial charge in [-0.15, -0.1) is 0 Å². The summed E-state index contributed by atoms with van der Waals surface area (Å²) < 4.78 is 173. The van der Waals surface area contributed by atoms with Crippen LogP contribution < -0.4 is 6.15 Å². The van der Waals surface area contributed by atoms with E-state index < -0.39 is 58.1 Å². The highest BCUT2D eigenvalue weighted by molar-refractivity contribution is 7.87. The molecule has 0 radical (unpaired) electrons. The maximum Gasteiger partial charge on any atom is 0.438 e. The number of hydrogen-bond acceptors (Lipinski definition) is 3. The van der Waals surface area contributed by atoms with Crippen LogP contribution in [-0.4, -0.2) is 48.1 Å². The Balaban J connectivity index is 0. The van der Waals surface area contributed by atoms with E-state index in [0.29, 0.717) is 0 Å². The van der Waals surface area contributed by atoms with Crippen LogP contribution in [0.3, 0.4) is 0 Å². The fraction of sp³-hybridized carbons (Fsp3) is 1.00. The highest BCUT2D eigenvalue weighted by Gasteiger charge is 2.89. The summed E-state index contributed by atoms with van der Waals surface area (Å²) in [6.45, 7) is 1.46. The van der Waals surface area contributed by atoms with E-state index in [2.05, 4.69) is 0 Å². The van der Waals surface area contributed by atoms with Gasteiger partial charge in [-0.1, -0.05) is 26.2 Å². The van der Waals surface area contributed by atoms with Gasteiger partial charge in [-0.05, 0) is 6.42 Å². The van der Waals surface area contributed by atoms with E-state index in [1.54, 1.807) is 0 Å². The van der Waals surface area contributed by atoms with E-state index in [4.69, 9.17) is 4.55 Å². The van der Waals surface area contributed by atoms with Gasteiger partial charge in [-0.2, -0.15) is 52.3 Å². The van der Waals surface area contributed by atoms with Gasteiger partial charge in [0, 0.05) is 0 Å². The monoisotopic (exact) mass is 451 g/mol. The standard InChI is InChI=1S/C11H13F11O3S.H3N/c1-2-3-4-5-6(12)7(13,14)8(15,16)9(17,18)10(19,20)11(21,22)26(23,24)25;/h6H,2-5H2,1H3,(H,23,24,25);1H3. The van der Waals surface area contributed by atoms with E-state index in [0.717, 1.165) is 0 Å². The van der Waals surface area contributed by atoms with Crippen molar-refractivity contribution in [3.05, 3.63) is 0 Å². The minimum absolute atomic E-state index is 0. The topological polar surface area (TPSA) is 89.4 Å². The number of alkyl halides is 11. The minimum Gasteiger partial charge on any atom is -0.344 e. The molecule has 1 atom stereocenters. The van der Waals surface area contributed by atoms with Gasteiger partial charge in [-0.25, -0.2) is 4.39 Å². The van der Waals surface area contributed by atoms with Gasteiger partial charge in [0.15, 0.2) is 6.17 Å². The summed E-state index contributed by atoms with van der Waals surface area (Å²) in [6.07, 6.45) is -5.90. The Morgan fingerprint density at radius 3 is 1.56 bits per heavy atom. The molecule has 0 aliphatic rings. The molecule has 0 saturated carbocycles. The van der Waals surface area contributed by atoms with Crippen LogP contribution in [-0.2, 0) is 10.1 Å². The number of halogens is 11. The first-order valence-corrected chi connectivity index (χ1v) is 8.17. The molecule has 0 aromatic carbocycles. The second-order valence-electron chi connectivity index (χ2n) is 5.30. The fourth-order valence-electron chi connectivity index (χ4n) is 1.70. The van der Waals surface area contributed by atoms with Crippen LogP contribution in [0.25, 0.3) is 0 Å². The summed E-state index contributed by atoms with van der Waals surface area (Å²) >= 11 is 0. The molecule has 0 aliphatic carbocycles. The quantitative estimate of drug-likeness (QED) is 0.275. The van der Waals surface area contributed by atoms with Crippen LogP contribution in [0.1, 0.15) is 32.6 Å². The first-order valence-electron chi connectivity index (χ1n) is 6.73. The number of unbranched alkanes of at least 4 members (excludes halogenated alkanes) is 2. The molecule has 0 rings (SSSR count). The van der Waals surface area contributed by atoms with Crippen molar-refractivity contribution in [2.75, 3.05) is 0 Å².